The van der Waals surface area contributed by atoms with Crippen molar-refractivity contribution in [2.24, 2.45) is 5.41 Å². The van der Waals surface area contributed by atoms with Crippen LogP contribution in [0.2, 0.25) is 0 Å². The van der Waals surface area contributed by atoms with Crippen LogP contribution in [0.15, 0.2) is 53.4 Å². The van der Waals surface area contributed by atoms with E-state index in [1.54, 1.807) is 36.4 Å². The van der Waals surface area contributed by atoms with Gasteiger partial charge in [0.1, 0.15) is 17.0 Å². The Morgan fingerprint density at radius 1 is 1.12 bits per heavy atom. The normalized spacial score (nSPS) is 26.7. The minimum atomic E-state index is -3.83. The quantitative estimate of drug-likeness (QED) is 0.780. The van der Waals surface area contributed by atoms with Crippen LogP contribution in [0.3, 0.4) is 0 Å². The molecule has 1 aliphatic heterocycles. The van der Waals surface area contributed by atoms with E-state index in [1.807, 2.05) is 6.07 Å². The van der Waals surface area contributed by atoms with Crippen molar-refractivity contribution in [1.82, 2.24) is 0 Å². The number of benzene rings is 2. The smallest absolute Gasteiger partial charge is 0.231 e. The monoisotopic (exact) mass is 355 g/mol. The van der Waals surface area contributed by atoms with Gasteiger partial charge in [-0.3, -0.25) is 0 Å². The molecule has 2 aromatic carbocycles. The van der Waals surface area contributed by atoms with Gasteiger partial charge in [-0.1, -0.05) is 24.3 Å². The van der Waals surface area contributed by atoms with Crippen LogP contribution in [0.1, 0.15) is 11.5 Å². The molecule has 4 rings (SSSR count). The lowest BCUT2D eigenvalue weighted by Gasteiger charge is -2.04. The van der Waals surface area contributed by atoms with Crippen molar-refractivity contribution in [2.75, 3.05) is 6.79 Å². The number of carbonyl (C=O) groups excluding carboxylic acids is 1. The van der Waals surface area contributed by atoms with Crippen LogP contribution >= 0.6 is 0 Å². The highest BCUT2D eigenvalue weighted by atomic mass is 32.2. The third-order valence-corrected chi connectivity index (χ3v) is 6.99. The first-order chi connectivity index (χ1) is 12.0. The average molecular weight is 355 g/mol. The summed E-state index contributed by atoms with van der Waals surface area (Å²) in [6, 6.07) is 14.8. The SMILES string of the molecule is N#C[C@@]1(C=O)[C@H](c2ccc3c(c2)OCO3)[C@@H]1S(=O)(=O)c1ccccc1. The van der Waals surface area contributed by atoms with Gasteiger partial charge in [0, 0.05) is 5.92 Å². The molecule has 3 atom stereocenters. The molecule has 1 aliphatic carbocycles. The third-order valence-electron chi connectivity index (χ3n) is 4.73. The minimum absolute atomic E-state index is 0.0896. The second-order valence-corrected chi connectivity index (χ2v) is 8.10. The lowest BCUT2D eigenvalue weighted by molar-refractivity contribution is -0.110. The maximum atomic E-state index is 13.0. The van der Waals surface area contributed by atoms with E-state index in [9.17, 15) is 18.5 Å². The Hall–Kier alpha value is -2.85. The summed E-state index contributed by atoms with van der Waals surface area (Å²) in [5.41, 5.74) is -1.02. The van der Waals surface area contributed by atoms with Crippen molar-refractivity contribution in [3.8, 4) is 17.6 Å². The van der Waals surface area contributed by atoms with E-state index in [4.69, 9.17) is 9.47 Å². The summed E-state index contributed by atoms with van der Waals surface area (Å²) in [6.45, 7) is 0.0896. The molecule has 6 nitrogen and oxygen atoms in total. The molecule has 0 amide bonds. The van der Waals surface area contributed by atoms with Gasteiger partial charge in [0.15, 0.2) is 21.3 Å². The Morgan fingerprint density at radius 3 is 2.52 bits per heavy atom. The molecule has 7 heteroatoms. The molecule has 25 heavy (non-hydrogen) atoms. The van der Waals surface area contributed by atoms with Crippen molar-refractivity contribution in [2.45, 2.75) is 16.1 Å². The van der Waals surface area contributed by atoms with Crippen LogP contribution in [0.5, 0.6) is 11.5 Å². The molecule has 1 saturated carbocycles. The van der Waals surface area contributed by atoms with Gasteiger partial charge in [0.25, 0.3) is 0 Å². The van der Waals surface area contributed by atoms with E-state index in [-0.39, 0.29) is 11.7 Å². The fourth-order valence-corrected chi connectivity index (χ4v) is 5.68. The topological polar surface area (TPSA) is 93.5 Å². The van der Waals surface area contributed by atoms with Gasteiger partial charge in [0.05, 0.1) is 11.0 Å². The highest BCUT2D eigenvalue weighted by Crippen LogP contribution is 2.63. The summed E-state index contributed by atoms with van der Waals surface area (Å²) in [4.78, 5) is 11.8. The number of rotatable bonds is 4. The number of ether oxygens (including phenoxy) is 2. The van der Waals surface area contributed by atoms with Crippen molar-refractivity contribution in [3.63, 3.8) is 0 Å². The first kappa shape index (κ1) is 15.7. The van der Waals surface area contributed by atoms with Crippen LogP contribution in [-0.2, 0) is 14.6 Å². The van der Waals surface area contributed by atoms with E-state index in [2.05, 4.69) is 0 Å². The van der Waals surface area contributed by atoms with Gasteiger partial charge in [-0.15, -0.1) is 0 Å². The Balaban J connectivity index is 1.80. The Morgan fingerprint density at radius 2 is 1.84 bits per heavy atom. The Labute approximate surface area is 144 Å². The molecule has 2 aromatic rings. The molecular formula is C18H13NO5S. The number of nitrogens with zero attached hydrogens (tertiary/aromatic N) is 1. The average Bonchev–Trinajstić information content (AvgIpc) is 3.12. The van der Waals surface area contributed by atoms with Crippen LogP contribution in [0.4, 0.5) is 0 Å². The van der Waals surface area contributed by atoms with Gasteiger partial charge in [-0.2, -0.15) is 5.26 Å². The molecule has 1 heterocycles. The maximum absolute atomic E-state index is 13.0. The first-order valence-corrected chi connectivity index (χ1v) is 9.15. The van der Waals surface area contributed by atoms with Gasteiger partial charge in [0.2, 0.25) is 6.79 Å². The number of fused-ring (bicyclic) bond motifs is 1. The molecule has 0 saturated heterocycles. The maximum Gasteiger partial charge on any atom is 0.231 e. The summed E-state index contributed by atoms with van der Waals surface area (Å²) in [5, 5.41) is 8.44. The van der Waals surface area contributed by atoms with E-state index in [0.29, 0.717) is 23.3 Å². The van der Waals surface area contributed by atoms with E-state index < -0.39 is 26.4 Å². The van der Waals surface area contributed by atoms with Crippen molar-refractivity contribution in [1.29, 1.82) is 5.26 Å². The number of hydrogen-bond donors (Lipinski definition) is 0. The zero-order valence-electron chi connectivity index (χ0n) is 13.0. The first-order valence-electron chi connectivity index (χ1n) is 7.60. The summed E-state index contributed by atoms with van der Waals surface area (Å²) in [6.07, 6.45) is 0.452. The van der Waals surface area contributed by atoms with Gasteiger partial charge < -0.3 is 14.3 Å². The predicted octanol–water partition coefficient (Wildman–Crippen LogP) is 2.06. The zero-order valence-corrected chi connectivity index (χ0v) is 13.8. The van der Waals surface area contributed by atoms with Crippen molar-refractivity contribution < 1.29 is 22.7 Å². The molecule has 1 fully saturated rings. The minimum Gasteiger partial charge on any atom is -0.454 e. The predicted molar refractivity (Wildman–Crippen MR) is 86.8 cm³/mol. The van der Waals surface area contributed by atoms with Crippen LogP contribution in [0, 0.1) is 16.7 Å². The summed E-state index contributed by atoms with van der Waals surface area (Å²) in [7, 11) is -3.83. The molecular weight excluding hydrogens is 342 g/mol. The molecule has 0 radical (unpaired) electrons. The number of carbonyl (C=O) groups is 1. The highest BCUT2D eigenvalue weighted by Gasteiger charge is 2.72. The van der Waals surface area contributed by atoms with E-state index >= 15 is 0 Å². The number of hydrogen-bond acceptors (Lipinski definition) is 6. The zero-order chi connectivity index (χ0) is 17.7. The van der Waals surface area contributed by atoms with Gasteiger partial charge in [-0.05, 0) is 29.8 Å². The standard InChI is InChI=1S/C18H13NO5S/c19-9-18(10-20)16(12-6-7-14-15(8-12)24-11-23-14)17(18)25(21,22)13-4-2-1-3-5-13/h1-8,10,16-17H,11H2/t16-,17+,18-/m1/s1. The van der Waals surface area contributed by atoms with Crippen LogP contribution < -0.4 is 9.47 Å². The number of sulfone groups is 1. The molecule has 0 N–H and O–H groups in total. The second kappa shape index (κ2) is 5.33. The molecule has 126 valence electrons. The summed E-state index contributed by atoms with van der Waals surface area (Å²) < 4.78 is 36.5. The second-order valence-electron chi connectivity index (χ2n) is 6.03. The molecule has 0 bridgehead atoms. The van der Waals surface area contributed by atoms with Gasteiger partial charge >= 0.3 is 0 Å². The summed E-state index contributed by atoms with van der Waals surface area (Å²) >= 11 is 0. The lowest BCUT2D eigenvalue weighted by atomic mass is 10.0. The highest BCUT2D eigenvalue weighted by molar-refractivity contribution is 7.92. The fourth-order valence-electron chi connectivity index (χ4n) is 3.42. The molecule has 0 spiro atoms. The largest absolute Gasteiger partial charge is 0.454 e. The molecule has 2 aliphatic rings. The molecule has 0 aromatic heterocycles. The van der Waals surface area contributed by atoms with Crippen LogP contribution in [0.25, 0.3) is 0 Å². The number of aldehydes is 1. The fraction of sp³-hybridized carbons (Fsp3) is 0.222. The summed E-state index contributed by atoms with van der Waals surface area (Å²) in [5.74, 6) is 0.299. The van der Waals surface area contributed by atoms with E-state index in [1.165, 1.54) is 12.1 Å². The van der Waals surface area contributed by atoms with Gasteiger partial charge in [-0.25, -0.2) is 8.42 Å². The Kier molecular flexibility index (Phi) is 3.34. The molecule has 0 unspecified atom stereocenters. The van der Waals surface area contributed by atoms with E-state index in [0.717, 1.165) is 0 Å². The Bertz CT molecular complexity index is 996. The lowest BCUT2D eigenvalue weighted by Crippen LogP contribution is -2.16. The number of nitriles is 1. The van der Waals surface area contributed by atoms with Crippen molar-refractivity contribution >= 4 is 16.1 Å². The van der Waals surface area contributed by atoms with Crippen molar-refractivity contribution in [3.05, 3.63) is 54.1 Å². The third kappa shape index (κ3) is 2.14. The van der Waals surface area contributed by atoms with Crippen LogP contribution in [-0.4, -0.2) is 26.7 Å².